The summed E-state index contributed by atoms with van der Waals surface area (Å²) in [4.78, 5) is 15.0. The minimum Gasteiger partial charge on any atom is -0.395 e. The lowest BCUT2D eigenvalue weighted by atomic mass is 9.90. The maximum Gasteiger partial charge on any atom is 0.259 e. The van der Waals surface area contributed by atoms with Crippen LogP contribution in [-0.2, 0) is 7.05 Å². The van der Waals surface area contributed by atoms with E-state index in [0.29, 0.717) is 5.92 Å². The molecule has 2 aromatic heterocycles. The van der Waals surface area contributed by atoms with Crippen LogP contribution in [0.2, 0.25) is 0 Å². The van der Waals surface area contributed by atoms with Crippen LogP contribution < -0.4 is 5.56 Å². The first-order valence-corrected chi connectivity index (χ1v) is 8.90. The number of nitrogens with one attached hydrogen (secondary N) is 1. The summed E-state index contributed by atoms with van der Waals surface area (Å²) < 4.78 is 1.65. The van der Waals surface area contributed by atoms with Gasteiger partial charge >= 0.3 is 0 Å². The first-order chi connectivity index (χ1) is 12.1. The topological polar surface area (TPSA) is 74.2 Å². The summed E-state index contributed by atoms with van der Waals surface area (Å²) in [7, 11) is 1.79. The molecule has 0 saturated carbocycles. The van der Waals surface area contributed by atoms with Gasteiger partial charge in [-0.3, -0.25) is 14.5 Å². The first-order valence-electron chi connectivity index (χ1n) is 8.90. The molecule has 25 heavy (non-hydrogen) atoms. The van der Waals surface area contributed by atoms with Gasteiger partial charge in [-0.2, -0.15) is 5.10 Å². The Balaban J connectivity index is 1.84. The van der Waals surface area contributed by atoms with E-state index in [1.165, 1.54) is 0 Å². The number of aryl methyl sites for hydroxylation is 2. The Morgan fingerprint density at radius 3 is 2.76 bits per heavy atom. The summed E-state index contributed by atoms with van der Waals surface area (Å²) >= 11 is 0. The van der Waals surface area contributed by atoms with Crippen molar-refractivity contribution in [2.45, 2.75) is 25.7 Å². The molecule has 0 spiro atoms. The molecule has 1 aromatic carbocycles. The van der Waals surface area contributed by atoms with Crippen LogP contribution in [0.4, 0.5) is 0 Å². The van der Waals surface area contributed by atoms with Gasteiger partial charge in [-0.05, 0) is 38.9 Å². The third-order valence-electron chi connectivity index (χ3n) is 5.48. The molecule has 0 unspecified atom stereocenters. The van der Waals surface area contributed by atoms with Crippen LogP contribution in [0.1, 0.15) is 30.0 Å². The van der Waals surface area contributed by atoms with Crippen molar-refractivity contribution in [3.63, 3.8) is 0 Å². The maximum absolute atomic E-state index is 12.7. The second-order valence-electron chi connectivity index (χ2n) is 7.09. The summed E-state index contributed by atoms with van der Waals surface area (Å²) in [5.41, 5.74) is 2.96. The highest BCUT2D eigenvalue weighted by Crippen LogP contribution is 2.34. The normalized spacial score (nSPS) is 16.9. The number of benzene rings is 1. The highest BCUT2D eigenvalue weighted by Gasteiger charge is 2.25. The average Bonchev–Trinajstić information content (AvgIpc) is 3.06. The van der Waals surface area contributed by atoms with Crippen molar-refractivity contribution in [3.8, 4) is 0 Å². The van der Waals surface area contributed by atoms with Gasteiger partial charge in [0.15, 0.2) is 5.65 Å². The zero-order valence-electron chi connectivity index (χ0n) is 14.7. The van der Waals surface area contributed by atoms with Crippen molar-refractivity contribution in [2.24, 2.45) is 7.05 Å². The van der Waals surface area contributed by atoms with E-state index < -0.39 is 0 Å². The molecule has 6 nitrogen and oxygen atoms in total. The quantitative estimate of drug-likeness (QED) is 0.764. The van der Waals surface area contributed by atoms with Crippen LogP contribution in [0, 0.1) is 6.92 Å². The number of rotatable bonds is 3. The number of H-pyrrole nitrogens is 1. The molecule has 0 bridgehead atoms. The highest BCUT2D eigenvalue weighted by molar-refractivity contribution is 6.06. The Kier molecular flexibility index (Phi) is 4.09. The first kappa shape index (κ1) is 16.3. The third kappa shape index (κ3) is 2.65. The lowest BCUT2D eigenvalue weighted by Gasteiger charge is -2.31. The van der Waals surface area contributed by atoms with E-state index in [2.05, 4.69) is 21.2 Å². The smallest absolute Gasteiger partial charge is 0.259 e. The summed E-state index contributed by atoms with van der Waals surface area (Å²) in [6, 6.07) is 6.08. The van der Waals surface area contributed by atoms with E-state index in [0.717, 1.165) is 65.5 Å². The molecule has 1 aliphatic heterocycles. The van der Waals surface area contributed by atoms with Crippen molar-refractivity contribution in [3.05, 3.63) is 39.8 Å². The van der Waals surface area contributed by atoms with Gasteiger partial charge in [-0.15, -0.1) is 0 Å². The van der Waals surface area contributed by atoms with E-state index in [-0.39, 0.29) is 12.2 Å². The number of pyridine rings is 1. The summed E-state index contributed by atoms with van der Waals surface area (Å²) in [6.45, 7) is 4.93. The Hall–Kier alpha value is -2.18. The SMILES string of the molecule is Cc1ccc2c(c1)c(=O)n(C)c1n[nH]c(C3CCN(CCO)CC3)c21. The number of aromatic nitrogens is 3. The number of piperidine rings is 1. The second kappa shape index (κ2) is 6.28. The van der Waals surface area contributed by atoms with Crippen molar-refractivity contribution in [1.29, 1.82) is 0 Å². The molecular weight excluding hydrogens is 316 g/mol. The molecule has 3 heterocycles. The van der Waals surface area contributed by atoms with Gasteiger partial charge in [0.2, 0.25) is 0 Å². The van der Waals surface area contributed by atoms with E-state index in [9.17, 15) is 4.79 Å². The fourth-order valence-electron chi connectivity index (χ4n) is 4.07. The van der Waals surface area contributed by atoms with Crippen LogP contribution >= 0.6 is 0 Å². The minimum absolute atomic E-state index is 0.00187. The van der Waals surface area contributed by atoms with Gasteiger partial charge < -0.3 is 10.0 Å². The van der Waals surface area contributed by atoms with E-state index in [1.807, 2.05) is 19.1 Å². The molecule has 2 N–H and O–H groups in total. The van der Waals surface area contributed by atoms with Crippen molar-refractivity contribution in [1.82, 2.24) is 19.7 Å². The van der Waals surface area contributed by atoms with Gasteiger partial charge in [-0.1, -0.05) is 17.7 Å². The molecular formula is C19H24N4O2. The van der Waals surface area contributed by atoms with Crippen molar-refractivity contribution < 1.29 is 5.11 Å². The molecule has 0 radical (unpaired) electrons. The molecule has 0 amide bonds. The summed E-state index contributed by atoms with van der Waals surface area (Å²) in [5.74, 6) is 0.405. The standard InChI is InChI=1S/C19H24N4O2/c1-12-3-4-14-15(11-12)19(25)22(2)18-16(14)17(20-21-18)13-5-7-23(8-6-13)9-10-24/h3-4,11,13,24H,5-10H2,1-2H3,(H,20,21). The Morgan fingerprint density at radius 2 is 2.04 bits per heavy atom. The summed E-state index contributed by atoms with van der Waals surface area (Å²) in [5, 5.41) is 19.6. The van der Waals surface area contributed by atoms with Gasteiger partial charge in [0.05, 0.1) is 6.61 Å². The number of likely N-dealkylation sites (tertiary alicyclic amines) is 1. The van der Waals surface area contributed by atoms with E-state index in [4.69, 9.17) is 5.11 Å². The number of fused-ring (bicyclic) bond motifs is 3. The maximum atomic E-state index is 12.7. The van der Waals surface area contributed by atoms with Crippen LogP contribution in [0.15, 0.2) is 23.0 Å². The molecule has 132 valence electrons. The number of nitrogens with zero attached hydrogens (tertiary/aromatic N) is 3. The zero-order chi connectivity index (χ0) is 17.6. The molecule has 6 heteroatoms. The number of hydrogen-bond donors (Lipinski definition) is 2. The van der Waals surface area contributed by atoms with Crippen LogP contribution in [0.5, 0.6) is 0 Å². The predicted octanol–water partition coefficient (Wildman–Crippen LogP) is 1.89. The van der Waals surface area contributed by atoms with Gasteiger partial charge in [0.1, 0.15) is 0 Å². The van der Waals surface area contributed by atoms with Crippen molar-refractivity contribution in [2.75, 3.05) is 26.2 Å². The lowest BCUT2D eigenvalue weighted by Crippen LogP contribution is -2.35. The lowest BCUT2D eigenvalue weighted by molar-refractivity contribution is 0.164. The average molecular weight is 340 g/mol. The van der Waals surface area contributed by atoms with Crippen LogP contribution in [-0.4, -0.2) is 51.0 Å². The molecule has 3 aromatic rings. The molecule has 4 rings (SSSR count). The minimum atomic E-state index is 0.00187. The summed E-state index contributed by atoms with van der Waals surface area (Å²) in [6.07, 6.45) is 2.07. The number of hydrogen-bond acceptors (Lipinski definition) is 4. The number of aromatic amines is 1. The number of aliphatic hydroxyl groups excluding tert-OH is 1. The van der Waals surface area contributed by atoms with Gasteiger partial charge in [0.25, 0.3) is 5.56 Å². The largest absolute Gasteiger partial charge is 0.395 e. The molecule has 1 saturated heterocycles. The number of β-amino-alcohol motifs (C(OH)–C–C–N with tert-alkyl or cyclic N) is 1. The molecule has 0 aliphatic carbocycles. The van der Waals surface area contributed by atoms with Gasteiger partial charge in [0, 0.05) is 41.4 Å². The molecule has 1 aliphatic rings. The second-order valence-corrected chi connectivity index (χ2v) is 7.09. The Morgan fingerprint density at radius 1 is 1.28 bits per heavy atom. The monoisotopic (exact) mass is 340 g/mol. The zero-order valence-corrected chi connectivity index (χ0v) is 14.7. The Bertz CT molecular complexity index is 980. The van der Waals surface area contributed by atoms with E-state index >= 15 is 0 Å². The molecule has 1 fully saturated rings. The van der Waals surface area contributed by atoms with Gasteiger partial charge in [-0.25, -0.2) is 0 Å². The predicted molar refractivity (Wildman–Crippen MR) is 99.1 cm³/mol. The van der Waals surface area contributed by atoms with Crippen molar-refractivity contribution >= 4 is 21.8 Å². The Labute approximate surface area is 146 Å². The third-order valence-corrected chi connectivity index (χ3v) is 5.48. The number of aliphatic hydroxyl groups is 1. The van der Waals surface area contributed by atoms with Crippen LogP contribution in [0.3, 0.4) is 0 Å². The fraction of sp³-hybridized carbons (Fsp3) is 0.474. The fourth-order valence-corrected chi connectivity index (χ4v) is 4.07. The van der Waals surface area contributed by atoms with E-state index in [1.54, 1.807) is 11.6 Å². The highest BCUT2D eigenvalue weighted by atomic mass is 16.3. The molecule has 0 atom stereocenters. The van der Waals surface area contributed by atoms with Crippen LogP contribution in [0.25, 0.3) is 21.8 Å².